The Morgan fingerprint density at radius 3 is 2.81 bits per heavy atom. The second-order valence-corrected chi connectivity index (χ2v) is 6.56. The fourth-order valence-corrected chi connectivity index (χ4v) is 3.52. The quantitative estimate of drug-likeness (QED) is 0.912. The van der Waals surface area contributed by atoms with Gasteiger partial charge in [0.25, 0.3) is 5.91 Å². The molecule has 1 aromatic heterocycles. The maximum absolute atomic E-state index is 12.7. The average molecular weight is 327 g/mol. The molecule has 0 saturated carbocycles. The second kappa shape index (κ2) is 6.64. The summed E-state index contributed by atoms with van der Waals surface area (Å²) in [5.41, 5.74) is 6.67. The first-order valence-electron chi connectivity index (χ1n) is 6.73. The summed E-state index contributed by atoms with van der Waals surface area (Å²) in [6.45, 7) is 5.00. The predicted octanol–water partition coefficient (Wildman–Crippen LogP) is 3.63. The van der Waals surface area contributed by atoms with Crippen molar-refractivity contribution in [3.8, 4) is 0 Å². The Kier molecular flexibility index (Phi) is 5.08. The Morgan fingerprint density at radius 1 is 1.48 bits per heavy atom. The highest BCUT2D eigenvalue weighted by Gasteiger charge is 2.23. The van der Waals surface area contributed by atoms with E-state index in [0.29, 0.717) is 28.7 Å². The molecule has 2 aromatic rings. The normalized spacial score (nSPS) is 11.3. The standard InChI is InChI=1S/C15H19ClN2O2S/c1-9(2)18(6-7-20-3)15(19)14-13(17)11-5-4-10(16)8-12(11)21-14/h4-5,8-9H,6-7,17H2,1-3H3. The summed E-state index contributed by atoms with van der Waals surface area (Å²) < 4.78 is 6.00. The van der Waals surface area contributed by atoms with Crippen LogP contribution in [0.15, 0.2) is 18.2 Å². The Labute approximate surface area is 133 Å². The Hall–Kier alpha value is -1.30. The smallest absolute Gasteiger partial charge is 0.266 e. The zero-order valence-electron chi connectivity index (χ0n) is 12.4. The molecular formula is C15H19ClN2O2S. The molecule has 0 aliphatic carbocycles. The summed E-state index contributed by atoms with van der Waals surface area (Å²) in [7, 11) is 1.62. The van der Waals surface area contributed by atoms with Crippen molar-refractivity contribution < 1.29 is 9.53 Å². The molecular weight excluding hydrogens is 308 g/mol. The van der Waals surface area contributed by atoms with Crippen LogP contribution in [0.3, 0.4) is 0 Å². The molecule has 0 fully saturated rings. The summed E-state index contributed by atoms with van der Waals surface area (Å²) in [6, 6.07) is 5.56. The van der Waals surface area contributed by atoms with Gasteiger partial charge >= 0.3 is 0 Å². The Bertz CT molecular complexity index is 654. The van der Waals surface area contributed by atoms with Crippen LogP contribution in [0.1, 0.15) is 23.5 Å². The van der Waals surface area contributed by atoms with Crippen molar-refractivity contribution in [3.63, 3.8) is 0 Å². The van der Waals surface area contributed by atoms with E-state index in [1.807, 2.05) is 26.0 Å². The molecule has 0 spiro atoms. The number of carbonyl (C=O) groups excluding carboxylic acids is 1. The number of amides is 1. The number of hydrogen-bond donors (Lipinski definition) is 1. The van der Waals surface area contributed by atoms with E-state index in [-0.39, 0.29) is 11.9 Å². The van der Waals surface area contributed by atoms with Crippen molar-refractivity contribution in [3.05, 3.63) is 28.1 Å². The van der Waals surface area contributed by atoms with E-state index in [9.17, 15) is 4.79 Å². The van der Waals surface area contributed by atoms with Gasteiger partial charge in [0.05, 0.1) is 12.3 Å². The van der Waals surface area contributed by atoms with Gasteiger partial charge in [0.2, 0.25) is 0 Å². The number of methoxy groups -OCH3 is 1. The highest BCUT2D eigenvalue weighted by molar-refractivity contribution is 7.21. The van der Waals surface area contributed by atoms with E-state index in [0.717, 1.165) is 10.1 Å². The molecule has 0 aliphatic heterocycles. The van der Waals surface area contributed by atoms with Crippen LogP contribution < -0.4 is 5.73 Å². The fraction of sp³-hybridized carbons (Fsp3) is 0.400. The summed E-state index contributed by atoms with van der Waals surface area (Å²) in [5, 5.41) is 1.52. The molecule has 0 radical (unpaired) electrons. The lowest BCUT2D eigenvalue weighted by Crippen LogP contribution is -2.39. The third-order valence-corrected chi connectivity index (χ3v) is 4.70. The number of anilines is 1. The minimum absolute atomic E-state index is 0.0585. The number of ether oxygens (including phenoxy) is 1. The molecule has 1 aromatic carbocycles. The first-order chi connectivity index (χ1) is 9.95. The maximum Gasteiger partial charge on any atom is 0.266 e. The van der Waals surface area contributed by atoms with Gasteiger partial charge in [-0.3, -0.25) is 4.79 Å². The summed E-state index contributed by atoms with van der Waals surface area (Å²) in [4.78, 5) is 15.1. The van der Waals surface area contributed by atoms with Gasteiger partial charge in [0, 0.05) is 34.8 Å². The van der Waals surface area contributed by atoms with Gasteiger partial charge in [-0.05, 0) is 32.0 Å². The lowest BCUT2D eigenvalue weighted by atomic mass is 10.2. The fourth-order valence-electron chi connectivity index (χ4n) is 2.16. The predicted molar refractivity (Wildman–Crippen MR) is 89.3 cm³/mol. The minimum Gasteiger partial charge on any atom is -0.397 e. The molecule has 6 heteroatoms. The van der Waals surface area contributed by atoms with Gasteiger partial charge < -0.3 is 15.4 Å². The van der Waals surface area contributed by atoms with E-state index in [4.69, 9.17) is 22.1 Å². The van der Waals surface area contributed by atoms with Crippen molar-refractivity contribution >= 4 is 44.6 Å². The number of benzene rings is 1. The summed E-state index contributed by atoms with van der Waals surface area (Å²) in [6.07, 6.45) is 0. The largest absolute Gasteiger partial charge is 0.397 e. The third kappa shape index (κ3) is 3.31. The number of nitrogen functional groups attached to an aromatic ring is 1. The number of nitrogens with two attached hydrogens (primary N) is 1. The lowest BCUT2D eigenvalue weighted by molar-refractivity contribution is 0.0641. The van der Waals surface area contributed by atoms with E-state index >= 15 is 0 Å². The van der Waals surface area contributed by atoms with E-state index in [2.05, 4.69) is 0 Å². The minimum atomic E-state index is -0.0585. The Balaban J connectivity index is 2.39. The van der Waals surface area contributed by atoms with E-state index in [1.54, 1.807) is 18.1 Å². The zero-order chi connectivity index (χ0) is 15.6. The molecule has 2 N–H and O–H groups in total. The zero-order valence-corrected chi connectivity index (χ0v) is 13.9. The number of halogens is 1. The number of nitrogens with zero attached hydrogens (tertiary/aromatic N) is 1. The SMILES string of the molecule is COCCN(C(=O)c1sc2cc(Cl)ccc2c1N)C(C)C. The van der Waals surface area contributed by atoms with Gasteiger partial charge in [-0.25, -0.2) is 0 Å². The van der Waals surface area contributed by atoms with E-state index in [1.165, 1.54) is 11.3 Å². The molecule has 0 saturated heterocycles. The molecule has 0 aliphatic rings. The molecule has 0 bridgehead atoms. The molecule has 1 amide bonds. The average Bonchev–Trinajstić information content (AvgIpc) is 2.75. The highest BCUT2D eigenvalue weighted by atomic mass is 35.5. The number of thiophene rings is 1. The van der Waals surface area contributed by atoms with E-state index < -0.39 is 0 Å². The van der Waals surface area contributed by atoms with Crippen molar-refractivity contribution in [1.82, 2.24) is 4.90 Å². The molecule has 2 rings (SSSR count). The van der Waals surface area contributed by atoms with Crippen LogP contribution in [0.25, 0.3) is 10.1 Å². The van der Waals surface area contributed by atoms with Gasteiger partial charge in [0.15, 0.2) is 0 Å². The topological polar surface area (TPSA) is 55.6 Å². The van der Waals surface area contributed by atoms with Gasteiger partial charge in [-0.15, -0.1) is 11.3 Å². The number of carbonyl (C=O) groups is 1. The second-order valence-electron chi connectivity index (χ2n) is 5.07. The van der Waals surface area contributed by atoms with Crippen molar-refractivity contribution in [1.29, 1.82) is 0 Å². The molecule has 0 unspecified atom stereocenters. The molecule has 0 atom stereocenters. The Morgan fingerprint density at radius 2 is 2.19 bits per heavy atom. The van der Waals surface area contributed by atoms with Crippen LogP contribution in [0.4, 0.5) is 5.69 Å². The van der Waals surface area contributed by atoms with Crippen LogP contribution in [0, 0.1) is 0 Å². The first kappa shape index (κ1) is 16.1. The summed E-state index contributed by atoms with van der Waals surface area (Å²) in [5.74, 6) is -0.0585. The van der Waals surface area contributed by atoms with Crippen molar-refractivity contribution in [2.75, 3.05) is 26.0 Å². The van der Waals surface area contributed by atoms with Crippen molar-refractivity contribution in [2.45, 2.75) is 19.9 Å². The number of fused-ring (bicyclic) bond motifs is 1. The van der Waals surface area contributed by atoms with Gasteiger partial charge in [-0.2, -0.15) is 0 Å². The monoisotopic (exact) mass is 326 g/mol. The number of rotatable bonds is 5. The van der Waals surface area contributed by atoms with Gasteiger partial charge in [0.1, 0.15) is 4.88 Å². The van der Waals surface area contributed by atoms with Crippen LogP contribution >= 0.6 is 22.9 Å². The maximum atomic E-state index is 12.7. The summed E-state index contributed by atoms with van der Waals surface area (Å²) >= 11 is 7.38. The number of hydrogen-bond acceptors (Lipinski definition) is 4. The molecule has 114 valence electrons. The molecule has 21 heavy (non-hydrogen) atoms. The molecule has 1 heterocycles. The molecule has 4 nitrogen and oxygen atoms in total. The van der Waals surface area contributed by atoms with Crippen LogP contribution in [0.5, 0.6) is 0 Å². The van der Waals surface area contributed by atoms with Crippen LogP contribution in [-0.4, -0.2) is 37.1 Å². The lowest BCUT2D eigenvalue weighted by Gasteiger charge is -2.26. The highest BCUT2D eigenvalue weighted by Crippen LogP contribution is 2.36. The van der Waals surface area contributed by atoms with Crippen LogP contribution in [-0.2, 0) is 4.74 Å². The van der Waals surface area contributed by atoms with Crippen molar-refractivity contribution in [2.24, 2.45) is 0 Å². The van der Waals surface area contributed by atoms with Crippen LogP contribution in [0.2, 0.25) is 5.02 Å². The third-order valence-electron chi connectivity index (χ3n) is 3.31. The van der Waals surface area contributed by atoms with Gasteiger partial charge in [-0.1, -0.05) is 11.6 Å². The first-order valence-corrected chi connectivity index (χ1v) is 7.92.